The maximum Gasteiger partial charge on any atom is 0.297 e. The minimum absolute atomic E-state index is 0.167. The molecule has 2 aromatic rings. The second kappa shape index (κ2) is 3.51. The molecule has 0 fully saturated rings. The molecular weight excluding hydrogens is 182 g/mol. The van der Waals surface area contributed by atoms with Crippen LogP contribution in [0, 0.1) is 0 Å². The van der Waals surface area contributed by atoms with Crippen molar-refractivity contribution >= 4 is 5.91 Å². The molecule has 0 bridgehead atoms. The molecule has 1 N–H and O–H groups in total. The van der Waals surface area contributed by atoms with E-state index in [4.69, 9.17) is 9.52 Å². The standard InChI is InChI=1S/C10H9NO3/c12-7-8-3-1-5-11(8)10(13)9-4-2-6-14-9/h1-6,12H,7H2. The molecule has 72 valence electrons. The summed E-state index contributed by atoms with van der Waals surface area (Å²) in [5, 5.41) is 8.95. The van der Waals surface area contributed by atoms with Crippen LogP contribution in [0.25, 0.3) is 0 Å². The lowest BCUT2D eigenvalue weighted by molar-refractivity contribution is 0.0923. The van der Waals surface area contributed by atoms with Gasteiger partial charge in [-0.15, -0.1) is 0 Å². The fourth-order valence-corrected chi connectivity index (χ4v) is 1.26. The fraction of sp³-hybridized carbons (Fsp3) is 0.100. The Bertz CT molecular complexity index is 428. The average molecular weight is 191 g/mol. The highest BCUT2D eigenvalue weighted by Crippen LogP contribution is 2.08. The third-order valence-electron chi connectivity index (χ3n) is 1.95. The van der Waals surface area contributed by atoms with Gasteiger partial charge in [-0.05, 0) is 24.3 Å². The van der Waals surface area contributed by atoms with Crippen LogP contribution < -0.4 is 0 Å². The molecule has 0 amide bonds. The highest BCUT2D eigenvalue weighted by molar-refractivity contribution is 5.93. The Labute approximate surface area is 80.4 Å². The van der Waals surface area contributed by atoms with Gasteiger partial charge >= 0.3 is 0 Å². The van der Waals surface area contributed by atoms with Crippen molar-refractivity contribution in [2.45, 2.75) is 6.61 Å². The van der Waals surface area contributed by atoms with E-state index in [-0.39, 0.29) is 18.3 Å². The summed E-state index contributed by atoms with van der Waals surface area (Å²) in [6.45, 7) is -0.167. The molecule has 0 spiro atoms. The molecule has 2 rings (SSSR count). The first kappa shape index (κ1) is 8.77. The molecule has 4 heteroatoms. The fourth-order valence-electron chi connectivity index (χ4n) is 1.26. The summed E-state index contributed by atoms with van der Waals surface area (Å²) in [6, 6.07) is 6.62. The van der Waals surface area contributed by atoms with Crippen molar-refractivity contribution in [2.75, 3.05) is 0 Å². The molecule has 0 saturated heterocycles. The maximum atomic E-state index is 11.7. The van der Waals surface area contributed by atoms with Crippen LogP contribution in [0.15, 0.2) is 41.1 Å². The minimum Gasteiger partial charge on any atom is -0.459 e. The zero-order valence-corrected chi connectivity index (χ0v) is 7.38. The van der Waals surface area contributed by atoms with Gasteiger partial charge in [0.15, 0.2) is 5.76 Å². The summed E-state index contributed by atoms with van der Waals surface area (Å²) in [5.74, 6) is -0.0139. The predicted octanol–water partition coefficient (Wildman–Crippen LogP) is 1.26. The van der Waals surface area contributed by atoms with E-state index in [0.29, 0.717) is 5.69 Å². The zero-order chi connectivity index (χ0) is 9.97. The molecule has 0 aromatic carbocycles. The first-order chi connectivity index (χ1) is 6.83. The van der Waals surface area contributed by atoms with Gasteiger partial charge in [-0.1, -0.05) is 0 Å². The van der Waals surface area contributed by atoms with Crippen molar-refractivity contribution in [3.8, 4) is 0 Å². The number of carbonyl (C=O) groups excluding carboxylic acids is 1. The summed E-state index contributed by atoms with van der Waals surface area (Å²) in [6.07, 6.45) is 3.03. The van der Waals surface area contributed by atoms with E-state index in [1.807, 2.05) is 0 Å². The molecule has 0 unspecified atom stereocenters. The van der Waals surface area contributed by atoms with Gasteiger partial charge in [-0.2, -0.15) is 0 Å². The first-order valence-electron chi connectivity index (χ1n) is 4.18. The molecule has 0 saturated carbocycles. The van der Waals surface area contributed by atoms with E-state index < -0.39 is 0 Å². The average Bonchev–Trinajstić information content (AvgIpc) is 2.87. The van der Waals surface area contributed by atoms with Crippen molar-refractivity contribution in [1.82, 2.24) is 4.57 Å². The maximum absolute atomic E-state index is 11.7. The lowest BCUT2D eigenvalue weighted by Crippen LogP contribution is -2.12. The van der Waals surface area contributed by atoms with Gasteiger partial charge in [0.1, 0.15) is 0 Å². The van der Waals surface area contributed by atoms with Gasteiger partial charge < -0.3 is 9.52 Å². The second-order valence-electron chi connectivity index (χ2n) is 2.81. The molecular formula is C10H9NO3. The number of aromatic nitrogens is 1. The summed E-state index contributed by atoms with van der Waals surface area (Å²) in [4.78, 5) is 11.7. The third-order valence-corrected chi connectivity index (χ3v) is 1.95. The van der Waals surface area contributed by atoms with Gasteiger partial charge in [-0.3, -0.25) is 9.36 Å². The van der Waals surface area contributed by atoms with Crippen LogP contribution in [0.5, 0.6) is 0 Å². The van der Waals surface area contributed by atoms with Crippen LogP contribution in [0.2, 0.25) is 0 Å². The number of nitrogens with zero attached hydrogens (tertiary/aromatic N) is 1. The Morgan fingerprint density at radius 2 is 2.29 bits per heavy atom. The first-order valence-corrected chi connectivity index (χ1v) is 4.18. The van der Waals surface area contributed by atoms with Gasteiger partial charge in [-0.25, -0.2) is 0 Å². The summed E-state index contributed by atoms with van der Waals surface area (Å²) in [5.41, 5.74) is 0.548. The molecule has 0 atom stereocenters. The monoisotopic (exact) mass is 191 g/mol. The van der Waals surface area contributed by atoms with Crippen LogP contribution in [-0.2, 0) is 6.61 Å². The van der Waals surface area contributed by atoms with Crippen molar-refractivity contribution in [2.24, 2.45) is 0 Å². The van der Waals surface area contributed by atoms with Gasteiger partial charge in [0.2, 0.25) is 0 Å². The number of hydrogen-bond acceptors (Lipinski definition) is 3. The van der Waals surface area contributed by atoms with Crippen molar-refractivity contribution in [3.63, 3.8) is 0 Å². The molecule has 0 aliphatic carbocycles. The number of carbonyl (C=O) groups is 1. The van der Waals surface area contributed by atoms with E-state index in [1.165, 1.54) is 10.8 Å². The van der Waals surface area contributed by atoms with Gasteiger partial charge in [0, 0.05) is 6.20 Å². The van der Waals surface area contributed by atoms with Gasteiger partial charge in [0.05, 0.1) is 18.6 Å². The molecule has 0 aliphatic heterocycles. The quantitative estimate of drug-likeness (QED) is 0.777. The topological polar surface area (TPSA) is 55.4 Å². The molecule has 4 nitrogen and oxygen atoms in total. The second-order valence-corrected chi connectivity index (χ2v) is 2.81. The highest BCUT2D eigenvalue weighted by Gasteiger charge is 2.13. The minimum atomic E-state index is -0.274. The van der Waals surface area contributed by atoms with Crippen molar-refractivity contribution < 1.29 is 14.3 Å². The van der Waals surface area contributed by atoms with Crippen LogP contribution >= 0.6 is 0 Å². The number of hydrogen-bond donors (Lipinski definition) is 1. The summed E-state index contributed by atoms with van der Waals surface area (Å²) >= 11 is 0. The Kier molecular flexibility index (Phi) is 2.20. The number of aliphatic hydroxyl groups is 1. The molecule has 0 aliphatic rings. The van der Waals surface area contributed by atoms with Crippen LogP contribution in [0.4, 0.5) is 0 Å². The van der Waals surface area contributed by atoms with Gasteiger partial charge in [0.25, 0.3) is 5.91 Å². The molecule has 0 radical (unpaired) electrons. The SMILES string of the molecule is O=C(c1ccco1)n1cccc1CO. The Hall–Kier alpha value is -1.81. The largest absolute Gasteiger partial charge is 0.459 e. The Morgan fingerprint density at radius 3 is 2.93 bits per heavy atom. The van der Waals surface area contributed by atoms with E-state index in [2.05, 4.69) is 0 Å². The predicted molar refractivity (Wildman–Crippen MR) is 48.8 cm³/mol. The lowest BCUT2D eigenvalue weighted by atomic mass is 10.4. The van der Waals surface area contributed by atoms with Crippen molar-refractivity contribution in [3.05, 3.63) is 48.2 Å². The summed E-state index contributed by atoms with van der Waals surface area (Å²) in [7, 11) is 0. The smallest absolute Gasteiger partial charge is 0.297 e. The van der Waals surface area contributed by atoms with Crippen molar-refractivity contribution in [1.29, 1.82) is 0 Å². The number of rotatable bonds is 2. The van der Waals surface area contributed by atoms with Crippen LogP contribution in [0.3, 0.4) is 0 Å². The Balaban J connectivity index is 2.36. The molecule has 14 heavy (non-hydrogen) atoms. The normalized spacial score (nSPS) is 10.4. The molecule has 2 aromatic heterocycles. The van der Waals surface area contributed by atoms with Crippen LogP contribution in [-0.4, -0.2) is 15.6 Å². The number of furan rings is 1. The molecule has 2 heterocycles. The van der Waals surface area contributed by atoms with E-state index >= 15 is 0 Å². The third kappa shape index (κ3) is 1.36. The van der Waals surface area contributed by atoms with Crippen LogP contribution in [0.1, 0.15) is 16.2 Å². The number of aliphatic hydroxyl groups excluding tert-OH is 1. The Morgan fingerprint density at radius 1 is 1.43 bits per heavy atom. The van der Waals surface area contributed by atoms with E-state index in [1.54, 1.807) is 30.5 Å². The lowest BCUT2D eigenvalue weighted by Gasteiger charge is -2.02. The summed E-state index contributed by atoms with van der Waals surface area (Å²) < 4.78 is 6.33. The zero-order valence-electron chi connectivity index (χ0n) is 7.38. The highest BCUT2D eigenvalue weighted by atomic mass is 16.3. The van der Waals surface area contributed by atoms with E-state index in [0.717, 1.165) is 0 Å². The van der Waals surface area contributed by atoms with E-state index in [9.17, 15) is 4.79 Å².